The molecule has 4 heterocycles. The molecule has 0 radical (unpaired) electrons. The van der Waals surface area contributed by atoms with Crippen LogP contribution in [0.4, 0.5) is 0 Å². The van der Waals surface area contributed by atoms with Crippen LogP contribution in [0.3, 0.4) is 0 Å². The van der Waals surface area contributed by atoms with Gasteiger partial charge in [-0.15, -0.1) is 0 Å². The summed E-state index contributed by atoms with van der Waals surface area (Å²) in [5, 5.41) is 0. The molecule has 25 heavy (non-hydrogen) atoms. The van der Waals surface area contributed by atoms with Crippen molar-refractivity contribution in [3.63, 3.8) is 0 Å². The number of hydrogen-bond acceptors (Lipinski definition) is 6. The van der Waals surface area contributed by atoms with Crippen molar-refractivity contribution < 1.29 is 28.5 Å². The highest BCUT2D eigenvalue weighted by Crippen LogP contribution is 2.56. The molecule has 6 atom stereocenters. The van der Waals surface area contributed by atoms with Crippen LogP contribution >= 0.6 is 0 Å². The summed E-state index contributed by atoms with van der Waals surface area (Å²) in [7, 11) is 0. The first-order chi connectivity index (χ1) is 12.0. The van der Waals surface area contributed by atoms with Gasteiger partial charge in [0.25, 0.3) is 0 Å². The molecule has 0 N–H and O–H groups in total. The minimum atomic E-state index is -0.746. The van der Waals surface area contributed by atoms with Crippen molar-refractivity contribution in [2.45, 2.75) is 37.3 Å². The summed E-state index contributed by atoms with van der Waals surface area (Å²) < 4.78 is 28.5. The Kier molecular flexibility index (Phi) is 4.37. The minimum absolute atomic E-state index is 0.0935. The van der Waals surface area contributed by atoms with E-state index in [9.17, 15) is 4.79 Å². The Morgan fingerprint density at radius 1 is 1.04 bits per heavy atom. The van der Waals surface area contributed by atoms with Crippen molar-refractivity contribution in [1.29, 1.82) is 0 Å². The van der Waals surface area contributed by atoms with E-state index >= 15 is 0 Å². The molecule has 0 aromatic carbocycles. The molecule has 0 spiro atoms. The predicted molar refractivity (Wildman–Crippen MR) is 89.3 cm³/mol. The van der Waals surface area contributed by atoms with E-state index in [4.69, 9.17) is 23.7 Å². The van der Waals surface area contributed by atoms with Gasteiger partial charge in [-0.25, -0.2) is 0 Å². The van der Waals surface area contributed by atoms with Crippen LogP contribution in [0.15, 0.2) is 24.3 Å². The third-order valence-corrected chi connectivity index (χ3v) is 5.45. The first-order valence-electron chi connectivity index (χ1n) is 8.91. The summed E-state index contributed by atoms with van der Waals surface area (Å²) >= 11 is 0. The molecule has 4 aliphatic heterocycles. The first kappa shape index (κ1) is 17.4. The van der Waals surface area contributed by atoms with Crippen LogP contribution in [0.2, 0.25) is 0 Å². The maximum absolute atomic E-state index is 12.5. The van der Waals surface area contributed by atoms with E-state index in [0.29, 0.717) is 26.4 Å². The van der Waals surface area contributed by atoms with Crippen LogP contribution in [0.1, 0.15) is 13.8 Å². The smallest absolute Gasteiger partial charge is 0.136 e. The number of rotatable bonds is 10. The average Bonchev–Trinajstić information content (AvgIpc) is 3.46. The van der Waals surface area contributed by atoms with Crippen molar-refractivity contribution in [3.8, 4) is 0 Å². The SMILES string of the molecule is C=C(C)C1C(C(C)=O)C2(COCC3CO3)C=CC1(COCC1CO1)O2. The molecule has 3 saturated heterocycles. The molecule has 0 aromatic heterocycles. The van der Waals surface area contributed by atoms with Gasteiger partial charge in [-0.3, -0.25) is 4.79 Å². The van der Waals surface area contributed by atoms with Crippen LogP contribution in [0.5, 0.6) is 0 Å². The van der Waals surface area contributed by atoms with Gasteiger partial charge in [-0.05, 0) is 13.8 Å². The average molecular weight is 350 g/mol. The summed E-state index contributed by atoms with van der Waals surface area (Å²) in [5.41, 5.74) is -0.469. The second-order valence-corrected chi connectivity index (χ2v) is 7.70. The van der Waals surface area contributed by atoms with Crippen molar-refractivity contribution in [3.05, 3.63) is 24.3 Å². The van der Waals surface area contributed by atoms with E-state index in [-0.39, 0.29) is 29.8 Å². The quantitative estimate of drug-likeness (QED) is 0.437. The monoisotopic (exact) mass is 350 g/mol. The second kappa shape index (κ2) is 6.28. The van der Waals surface area contributed by atoms with Crippen LogP contribution in [0, 0.1) is 11.8 Å². The number of ketones is 1. The summed E-state index contributed by atoms with van der Waals surface area (Å²) in [6.07, 6.45) is 4.41. The van der Waals surface area contributed by atoms with Crippen LogP contribution in [0.25, 0.3) is 0 Å². The van der Waals surface area contributed by atoms with Gasteiger partial charge in [0, 0.05) is 5.92 Å². The predicted octanol–water partition coefficient (Wildman–Crippen LogP) is 1.29. The maximum atomic E-state index is 12.5. The number of carbonyl (C=O) groups is 1. The molecule has 6 heteroatoms. The van der Waals surface area contributed by atoms with Gasteiger partial charge >= 0.3 is 0 Å². The van der Waals surface area contributed by atoms with E-state index < -0.39 is 11.2 Å². The molecule has 6 nitrogen and oxygen atoms in total. The molecular formula is C19H26O6. The van der Waals surface area contributed by atoms with Gasteiger partial charge in [0.15, 0.2) is 0 Å². The summed E-state index contributed by atoms with van der Waals surface area (Å²) in [6.45, 7) is 11.0. The zero-order valence-electron chi connectivity index (χ0n) is 14.9. The number of ether oxygens (including phenoxy) is 5. The third-order valence-electron chi connectivity index (χ3n) is 5.45. The summed E-state index contributed by atoms with van der Waals surface area (Å²) in [6, 6.07) is 0. The Morgan fingerprint density at radius 2 is 1.52 bits per heavy atom. The maximum Gasteiger partial charge on any atom is 0.136 e. The Labute approximate surface area is 148 Å². The second-order valence-electron chi connectivity index (χ2n) is 7.70. The van der Waals surface area contributed by atoms with Crippen LogP contribution in [-0.4, -0.2) is 68.8 Å². The van der Waals surface area contributed by atoms with Gasteiger partial charge in [-0.2, -0.15) is 0 Å². The topological polar surface area (TPSA) is 69.8 Å². The molecule has 2 bridgehead atoms. The van der Waals surface area contributed by atoms with Gasteiger partial charge in [0.1, 0.15) is 29.2 Å². The zero-order chi connectivity index (χ0) is 17.7. The zero-order valence-corrected chi connectivity index (χ0v) is 14.9. The molecule has 4 aliphatic rings. The largest absolute Gasteiger partial charge is 0.375 e. The fourth-order valence-electron chi connectivity index (χ4n) is 4.25. The fraction of sp³-hybridized carbons (Fsp3) is 0.737. The van der Waals surface area contributed by atoms with Crippen molar-refractivity contribution >= 4 is 5.78 Å². The Hall–Kier alpha value is -1.05. The molecule has 138 valence electrons. The Morgan fingerprint density at radius 3 is 1.92 bits per heavy atom. The number of fused-ring (bicyclic) bond motifs is 2. The number of carbonyl (C=O) groups excluding carboxylic acids is 1. The lowest BCUT2D eigenvalue weighted by Crippen LogP contribution is -2.45. The fourth-order valence-corrected chi connectivity index (χ4v) is 4.25. The van der Waals surface area contributed by atoms with E-state index in [1.54, 1.807) is 6.92 Å². The van der Waals surface area contributed by atoms with Gasteiger partial charge in [0.05, 0.1) is 45.6 Å². The summed E-state index contributed by atoms with van der Waals surface area (Å²) in [4.78, 5) is 12.5. The molecule has 3 fully saturated rings. The van der Waals surface area contributed by atoms with E-state index in [0.717, 1.165) is 18.8 Å². The highest BCUT2D eigenvalue weighted by atomic mass is 16.6. The molecule has 6 unspecified atom stereocenters. The van der Waals surface area contributed by atoms with Gasteiger partial charge in [0.2, 0.25) is 0 Å². The van der Waals surface area contributed by atoms with Crippen LogP contribution < -0.4 is 0 Å². The van der Waals surface area contributed by atoms with Crippen molar-refractivity contribution in [2.24, 2.45) is 11.8 Å². The highest BCUT2D eigenvalue weighted by Gasteiger charge is 2.66. The lowest BCUT2D eigenvalue weighted by molar-refractivity contribution is -0.132. The Balaban J connectivity index is 1.52. The lowest BCUT2D eigenvalue weighted by atomic mass is 9.67. The van der Waals surface area contributed by atoms with Crippen molar-refractivity contribution in [2.75, 3.05) is 39.6 Å². The molecule has 0 saturated carbocycles. The number of epoxide rings is 2. The normalized spacial score (nSPS) is 43.4. The van der Waals surface area contributed by atoms with E-state index in [1.807, 2.05) is 19.1 Å². The van der Waals surface area contributed by atoms with Gasteiger partial charge in [-0.1, -0.05) is 24.3 Å². The standard InChI is InChI=1S/C19H26O6/c1-12(2)16-17(13(3)20)19(11-22-7-15-9-24-15)5-4-18(16,25-19)10-21-6-14-8-23-14/h4-5,14-17H,1,6-11H2,2-3H3. The number of Topliss-reactive ketones (excluding diaryl/α,β-unsaturated/α-hetero) is 1. The van der Waals surface area contributed by atoms with Gasteiger partial charge < -0.3 is 23.7 Å². The molecule has 0 amide bonds. The van der Waals surface area contributed by atoms with E-state index in [1.165, 1.54) is 0 Å². The number of hydrogen-bond donors (Lipinski definition) is 0. The molecular weight excluding hydrogens is 324 g/mol. The lowest BCUT2D eigenvalue weighted by Gasteiger charge is -2.34. The van der Waals surface area contributed by atoms with E-state index in [2.05, 4.69) is 6.58 Å². The molecule has 0 aliphatic carbocycles. The minimum Gasteiger partial charge on any atom is -0.375 e. The molecule has 4 rings (SSSR count). The van der Waals surface area contributed by atoms with Crippen LogP contribution in [-0.2, 0) is 28.5 Å². The Bertz CT molecular complexity index is 543. The van der Waals surface area contributed by atoms with Crippen molar-refractivity contribution in [1.82, 2.24) is 0 Å². The third kappa shape index (κ3) is 3.22. The summed E-state index contributed by atoms with van der Waals surface area (Å²) in [5.74, 6) is -0.331. The highest BCUT2D eigenvalue weighted by molar-refractivity contribution is 5.82. The first-order valence-corrected chi connectivity index (χ1v) is 8.91. The molecule has 0 aromatic rings.